The number of pyridine rings is 1. The van der Waals surface area contributed by atoms with Crippen LogP contribution in [0.1, 0.15) is 15.9 Å². The van der Waals surface area contributed by atoms with Gasteiger partial charge < -0.3 is 10.1 Å². The van der Waals surface area contributed by atoms with Crippen molar-refractivity contribution >= 4 is 33.4 Å². The van der Waals surface area contributed by atoms with Crippen molar-refractivity contribution in [2.24, 2.45) is 0 Å². The average molecular weight is 321 g/mol. The lowest BCUT2D eigenvalue weighted by molar-refractivity contribution is 0.0600. The summed E-state index contributed by atoms with van der Waals surface area (Å²) in [5, 5.41) is 3.15. The first-order chi connectivity index (χ1) is 9.10. The Morgan fingerprint density at radius 3 is 2.79 bits per heavy atom. The smallest absolute Gasteiger partial charge is 0.338 e. The highest BCUT2D eigenvalue weighted by molar-refractivity contribution is 9.10. The third-order valence-electron chi connectivity index (χ3n) is 2.57. The minimum Gasteiger partial charge on any atom is -0.465 e. The van der Waals surface area contributed by atoms with Crippen LogP contribution in [0.2, 0.25) is 0 Å². The lowest BCUT2D eigenvalue weighted by atomic mass is 10.2. The van der Waals surface area contributed by atoms with Crippen LogP contribution in [-0.4, -0.2) is 18.1 Å². The van der Waals surface area contributed by atoms with Gasteiger partial charge in [0.1, 0.15) is 5.82 Å². The van der Waals surface area contributed by atoms with E-state index in [0.29, 0.717) is 11.4 Å². The summed E-state index contributed by atoms with van der Waals surface area (Å²) < 4.78 is 5.62. The third-order valence-corrected chi connectivity index (χ3v) is 3.22. The van der Waals surface area contributed by atoms with Gasteiger partial charge in [0, 0.05) is 10.7 Å². The SMILES string of the molecule is COC(=O)c1ccnc(Nc2ccc(C)cc2Br)c1. The molecule has 1 aromatic heterocycles. The van der Waals surface area contributed by atoms with Crippen molar-refractivity contribution in [3.8, 4) is 0 Å². The number of nitrogens with one attached hydrogen (secondary N) is 1. The predicted octanol–water partition coefficient (Wildman–Crippen LogP) is 3.68. The Morgan fingerprint density at radius 2 is 2.11 bits per heavy atom. The number of anilines is 2. The summed E-state index contributed by atoms with van der Waals surface area (Å²) in [5.41, 5.74) is 2.51. The number of halogens is 1. The average Bonchev–Trinajstić information content (AvgIpc) is 2.41. The summed E-state index contributed by atoms with van der Waals surface area (Å²) in [6, 6.07) is 9.22. The molecule has 0 radical (unpaired) electrons. The van der Waals surface area contributed by atoms with E-state index in [-0.39, 0.29) is 5.97 Å². The standard InChI is InChI=1S/C14H13BrN2O2/c1-9-3-4-12(11(15)7-9)17-13-8-10(5-6-16-13)14(18)19-2/h3-8H,1-2H3,(H,16,17). The second kappa shape index (κ2) is 5.84. The van der Waals surface area contributed by atoms with Gasteiger partial charge in [0.15, 0.2) is 0 Å². The first-order valence-electron chi connectivity index (χ1n) is 5.67. The largest absolute Gasteiger partial charge is 0.465 e. The molecule has 0 saturated heterocycles. The van der Waals surface area contributed by atoms with E-state index in [1.165, 1.54) is 7.11 Å². The molecule has 0 amide bonds. The summed E-state index contributed by atoms with van der Waals surface area (Å²) in [6.07, 6.45) is 1.57. The zero-order chi connectivity index (χ0) is 13.8. The van der Waals surface area contributed by atoms with Gasteiger partial charge in [-0.15, -0.1) is 0 Å². The molecule has 1 heterocycles. The predicted molar refractivity (Wildman–Crippen MR) is 77.7 cm³/mol. The van der Waals surface area contributed by atoms with Gasteiger partial charge in [-0.05, 0) is 52.7 Å². The zero-order valence-corrected chi connectivity index (χ0v) is 12.2. The molecule has 0 unspecified atom stereocenters. The molecule has 4 nitrogen and oxygen atoms in total. The van der Waals surface area contributed by atoms with E-state index >= 15 is 0 Å². The molecule has 0 spiro atoms. The first-order valence-corrected chi connectivity index (χ1v) is 6.47. The molecule has 0 aliphatic heterocycles. The Morgan fingerprint density at radius 1 is 1.32 bits per heavy atom. The number of carbonyl (C=O) groups excluding carboxylic acids is 1. The van der Waals surface area contributed by atoms with E-state index in [1.54, 1.807) is 18.3 Å². The number of hydrogen-bond acceptors (Lipinski definition) is 4. The van der Waals surface area contributed by atoms with Crippen molar-refractivity contribution in [3.63, 3.8) is 0 Å². The van der Waals surface area contributed by atoms with Crippen LogP contribution >= 0.6 is 15.9 Å². The number of rotatable bonds is 3. The quantitative estimate of drug-likeness (QED) is 0.876. The van der Waals surface area contributed by atoms with Crippen molar-refractivity contribution < 1.29 is 9.53 Å². The van der Waals surface area contributed by atoms with Gasteiger partial charge in [0.25, 0.3) is 0 Å². The lowest BCUT2D eigenvalue weighted by Gasteiger charge is -2.09. The minimum atomic E-state index is -0.381. The highest BCUT2D eigenvalue weighted by Gasteiger charge is 2.07. The number of aryl methyl sites for hydroxylation is 1. The summed E-state index contributed by atoms with van der Waals surface area (Å²) in [6.45, 7) is 2.02. The van der Waals surface area contributed by atoms with Gasteiger partial charge in [-0.3, -0.25) is 0 Å². The van der Waals surface area contributed by atoms with E-state index in [2.05, 4.69) is 31.0 Å². The maximum absolute atomic E-state index is 11.4. The number of methoxy groups -OCH3 is 1. The fraction of sp³-hybridized carbons (Fsp3) is 0.143. The molecule has 1 N–H and O–H groups in total. The van der Waals surface area contributed by atoms with E-state index in [0.717, 1.165) is 15.7 Å². The van der Waals surface area contributed by atoms with Crippen molar-refractivity contribution in [2.45, 2.75) is 6.92 Å². The van der Waals surface area contributed by atoms with Gasteiger partial charge in [-0.2, -0.15) is 0 Å². The molecule has 1 aromatic carbocycles. The molecule has 0 fully saturated rings. The minimum absolute atomic E-state index is 0.381. The summed E-state index contributed by atoms with van der Waals surface area (Å²) >= 11 is 3.48. The molecular formula is C14H13BrN2O2. The van der Waals surface area contributed by atoms with E-state index in [9.17, 15) is 4.79 Å². The maximum atomic E-state index is 11.4. The highest BCUT2D eigenvalue weighted by Crippen LogP contribution is 2.26. The Bertz CT molecular complexity index is 614. The van der Waals surface area contributed by atoms with E-state index in [1.807, 2.05) is 25.1 Å². The number of aromatic nitrogens is 1. The molecule has 0 aliphatic carbocycles. The Kier molecular flexibility index (Phi) is 4.16. The summed E-state index contributed by atoms with van der Waals surface area (Å²) in [5.74, 6) is 0.209. The molecule has 98 valence electrons. The molecule has 0 saturated carbocycles. The fourth-order valence-corrected chi connectivity index (χ4v) is 2.20. The van der Waals surface area contributed by atoms with Crippen LogP contribution in [-0.2, 0) is 4.74 Å². The van der Waals surface area contributed by atoms with Gasteiger partial charge in [0.05, 0.1) is 18.4 Å². The van der Waals surface area contributed by atoms with E-state index in [4.69, 9.17) is 0 Å². The van der Waals surface area contributed by atoms with Crippen molar-refractivity contribution in [1.29, 1.82) is 0 Å². The molecule has 5 heteroatoms. The summed E-state index contributed by atoms with van der Waals surface area (Å²) in [7, 11) is 1.35. The zero-order valence-electron chi connectivity index (χ0n) is 10.6. The lowest BCUT2D eigenvalue weighted by Crippen LogP contribution is -2.03. The van der Waals surface area contributed by atoms with Gasteiger partial charge in [-0.25, -0.2) is 9.78 Å². The Labute approximate surface area is 119 Å². The molecule has 2 rings (SSSR count). The molecule has 0 bridgehead atoms. The van der Waals surface area contributed by atoms with Crippen LogP contribution in [0.5, 0.6) is 0 Å². The van der Waals surface area contributed by atoms with Crippen LogP contribution in [0.4, 0.5) is 11.5 Å². The molecule has 19 heavy (non-hydrogen) atoms. The van der Waals surface area contributed by atoms with Crippen LogP contribution in [0.15, 0.2) is 41.0 Å². The summed E-state index contributed by atoms with van der Waals surface area (Å²) in [4.78, 5) is 15.6. The number of carbonyl (C=O) groups is 1. The van der Waals surface area contributed by atoms with E-state index < -0.39 is 0 Å². The van der Waals surface area contributed by atoms with Crippen molar-refractivity contribution in [3.05, 3.63) is 52.1 Å². The van der Waals surface area contributed by atoms with Crippen molar-refractivity contribution in [1.82, 2.24) is 4.98 Å². The van der Waals surface area contributed by atoms with Crippen molar-refractivity contribution in [2.75, 3.05) is 12.4 Å². The monoisotopic (exact) mass is 320 g/mol. The number of esters is 1. The van der Waals surface area contributed by atoms with Gasteiger partial charge >= 0.3 is 5.97 Å². The number of benzene rings is 1. The van der Waals surface area contributed by atoms with Crippen LogP contribution < -0.4 is 5.32 Å². The normalized spacial score (nSPS) is 10.1. The van der Waals surface area contributed by atoms with Crippen LogP contribution in [0.3, 0.4) is 0 Å². The number of nitrogens with zero attached hydrogens (tertiary/aromatic N) is 1. The maximum Gasteiger partial charge on any atom is 0.338 e. The van der Waals surface area contributed by atoms with Crippen LogP contribution in [0.25, 0.3) is 0 Å². The number of ether oxygens (including phenoxy) is 1. The Hall–Kier alpha value is -1.88. The first kappa shape index (κ1) is 13.5. The number of hydrogen-bond donors (Lipinski definition) is 1. The molecule has 0 atom stereocenters. The molecule has 0 aliphatic rings. The van der Waals surface area contributed by atoms with Crippen LogP contribution in [0, 0.1) is 6.92 Å². The Balaban J connectivity index is 2.26. The third kappa shape index (κ3) is 3.32. The van der Waals surface area contributed by atoms with Gasteiger partial charge in [0.2, 0.25) is 0 Å². The van der Waals surface area contributed by atoms with Gasteiger partial charge in [-0.1, -0.05) is 6.07 Å². The second-order valence-electron chi connectivity index (χ2n) is 4.03. The second-order valence-corrected chi connectivity index (χ2v) is 4.88. The highest BCUT2D eigenvalue weighted by atomic mass is 79.9. The molecular weight excluding hydrogens is 308 g/mol. The molecule has 2 aromatic rings. The topological polar surface area (TPSA) is 51.2 Å². The fourth-order valence-electron chi connectivity index (χ4n) is 1.60.